The number of ether oxygens (including phenoxy) is 3. The SMILES string of the molecule is COc1ccc(OCCCC(=O)O[C@@H](C)C(=O)NC2CC2)cc1. The van der Waals surface area contributed by atoms with E-state index < -0.39 is 6.10 Å². The average Bonchev–Trinajstić information content (AvgIpc) is 3.36. The molecule has 1 saturated carbocycles. The van der Waals surface area contributed by atoms with Crippen LogP contribution in [0.15, 0.2) is 24.3 Å². The monoisotopic (exact) mass is 321 g/mol. The first-order valence-electron chi connectivity index (χ1n) is 7.85. The fourth-order valence-electron chi connectivity index (χ4n) is 1.93. The predicted octanol–water partition coefficient (Wildman–Crippen LogP) is 2.06. The van der Waals surface area contributed by atoms with Crippen LogP contribution in [0.3, 0.4) is 0 Å². The lowest BCUT2D eigenvalue weighted by Crippen LogP contribution is -2.37. The maximum Gasteiger partial charge on any atom is 0.306 e. The molecule has 1 amide bonds. The molecule has 1 N–H and O–H groups in total. The summed E-state index contributed by atoms with van der Waals surface area (Å²) in [4.78, 5) is 23.4. The molecule has 6 heteroatoms. The number of rotatable bonds is 9. The minimum atomic E-state index is -0.745. The molecule has 126 valence electrons. The summed E-state index contributed by atoms with van der Waals surface area (Å²) in [5.41, 5.74) is 0. The quantitative estimate of drug-likeness (QED) is 0.557. The van der Waals surface area contributed by atoms with Crippen LogP contribution >= 0.6 is 0 Å². The third kappa shape index (κ3) is 6.18. The second-order valence-corrected chi connectivity index (χ2v) is 5.54. The highest BCUT2D eigenvalue weighted by Crippen LogP contribution is 2.19. The molecule has 6 nitrogen and oxygen atoms in total. The molecule has 1 aromatic carbocycles. The Hall–Kier alpha value is -2.24. The van der Waals surface area contributed by atoms with Crippen LogP contribution < -0.4 is 14.8 Å². The molecule has 0 saturated heterocycles. The Bertz CT molecular complexity index is 524. The molecular weight excluding hydrogens is 298 g/mol. The van der Waals surface area contributed by atoms with E-state index in [0.717, 1.165) is 24.3 Å². The Kier molecular flexibility index (Phi) is 6.26. The lowest BCUT2D eigenvalue weighted by Gasteiger charge is -2.13. The van der Waals surface area contributed by atoms with Gasteiger partial charge >= 0.3 is 5.97 Å². The molecule has 1 aliphatic rings. The van der Waals surface area contributed by atoms with Crippen LogP contribution in [0.5, 0.6) is 11.5 Å². The highest BCUT2D eigenvalue weighted by atomic mass is 16.5. The van der Waals surface area contributed by atoms with Crippen LogP contribution in [0.25, 0.3) is 0 Å². The van der Waals surface area contributed by atoms with Gasteiger partial charge in [-0.05, 0) is 50.5 Å². The van der Waals surface area contributed by atoms with Gasteiger partial charge in [-0.25, -0.2) is 0 Å². The number of nitrogens with one attached hydrogen (secondary N) is 1. The largest absolute Gasteiger partial charge is 0.497 e. The predicted molar refractivity (Wildman–Crippen MR) is 84.4 cm³/mol. The average molecular weight is 321 g/mol. The van der Waals surface area contributed by atoms with E-state index in [0.29, 0.717) is 13.0 Å². The van der Waals surface area contributed by atoms with E-state index in [-0.39, 0.29) is 24.3 Å². The number of hydrogen-bond donors (Lipinski definition) is 1. The Morgan fingerprint density at radius 3 is 2.48 bits per heavy atom. The fourth-order valence-corrected chi connectivity index (χ4v) is 1.93. The topological polar surface area (TPSA) is 73.9 Å². The molecule has 0 unspecified atom stereocenters. The maximum absolute atomic E-state index is 11.7. The van der Waals surface area contributed by atoms with Crippen LogP contribution in [0.1, 0.15) is 32.6 Å². The molecule has 0 radical (unpaired) electrons. The molecule has 1 atom stereocenters. The third-order valence-corrected chi connectivity index (χ3v) is 3.45. The van der Waals surface area contributed by atoms with E-state index in [4.69, 9.17) is 14.2 Å². The molecule has 0 spiro atoms. The smallest absolute Gasteiger partial charge is 0.306 e. The van der Waals surface area contributed by atoms with E-state index in [1.807, 2.05) is 12.1 Å². The second kappa shape index (κ2) is 8.41. The van der Waals surface area contributed by atoms with Crippen molar-refractivity contribution in [2.45, 2.75) is 44.8 Å². The summed E-state index contributed by atoms with van der Waals surface area (Å²) in [6.07, 6.45) is 2.02. The normalized spacial score (nSPS) is 14.7. The number of benzene rings is 1. The third-order valence-electron chi connectivity index (χ3n) is 3.45. The van der Waals surface area contributed by atoms with Gasteiger partial charge in [-0.2, -0.15) is 0 Å². The lowest BCUT2D eigenvalue weighted by atomic mass is 10.3. The molecule has 1 aromatic rings. The van der Waals surface area contributed by atoms with E-state index in [2.05, 4.69) is 5.32 Å². The van der Waals surface area contributed by atoms with Gasteiger partial charge < -0.3 is 19.5 Å². The van der Waals surface area contributed by atoms with Crippen molar-refractivity contribution in [1.82, 2.24) is 5.32 Å². The maximum atomic E-state index is 11.7. The first-order chi connectivity index (χ1) is 11.1. The summed E-state index contributed by atoms with van der Waals surface area (Å²) < 4.78 is 15.7. The van der Waals surface area contributed by atoms with Crippen LogP contribution in [0, 0.1) is 0 Å². The van der Waals surface area contributed by atoms with Crippen LogP contribution in [0.4, 0.5) is 0 Å². The molecule has 0 aliphatic heterocycles. The van der Waals surface area contributed by atoms with Crippen LogP contribution in [0.2, 0.25) is 0 Å². The number of amides is 1. The fraction of sp³-hybridized carbons (Fsp3) is 0.529. The van der Waals surface area contributed by atoms with Crippen molar-refractivity contribution in [2.75, 3.05) is 13.7 Å². The van der Waals surface area contributed by atoms with Gasteiger partial charge in [0, 0.05) is 12.5 Å². The zero-order valence-electron chi connectivity index (χ0n) is 13.5. The summed E-state index contributed by atoms with van der Waals surface area (Å²) in [6.45, 7) is 1.99. The van der Waals surface area contributed by atoms with Gasteiger partial charge in [-0.1, -0.05) is 0 Å². The zero-order chi connectivity index (χ0) is 16.7. The number of esters is 1. The van der Waals surface area contributed by atoms with Crippen molar-refractivity contribution >= 4 is 11.9 Å². The van der Waals surface area contributed by atoms with Crippen molar-refractivity contribution in [2.24, 2.45) is 0 Å². The highest BCUT2D eigenvalue weighted by molar-refractivity contribution is 5.83. The van der Waals surface area contributed by atoms with E-state index in [9.17, 15) is 9.59 Å². The molecule has 23 heavy (non-hydrogen) atoms. The van der Waals surface area contributed by atoms with Gasteiger partial charge in [0.1, 0.15) is 11.5 Å². The molecule has 2 rings (SSSR count). The van der Waals surface area contributed by atoms with Crippen molar-refractivity contribution in [1.29, 1.82) is 0 Å². The molecule has 0 bridgehead atoms. The first-order valence-corrected chi connectivity index (χ1v) is 7.85. The number of carbonyl (C=O) groups excluding carboxylic acids is 2. The highest BCUT2D eigenvalue weighted by Gasteiger charge is 2.27. The van der Waals surface area contributed by atoms with Crippen molar-refractivity contribution in [3.63, 3.8) is 0 Å². The number of carbonyl (C=O) groups is 2. The van der Waals surface area contributed by atoms with E-state index >= 15 is 0 Å². The van der Waals surface area contributed by atoms with Gasteiger partial charge in [0.2, 0.25) is 0 Å². The number of methoxy groups -OCH3 is 1. The van der Waals surface area contributed by atoms with Gasteiger partial charge in [-0.15, -0.1) is 0 Å². The minimum absolute atomic E-state index is 0.219. The van der Waals surface area contributed by atoms with Gasteiger partial charge in [0.25, 0.3) is 5.91 Å². The standard InChI is InChI=1S/C17H23NO5/c1-12(17(20)18-13-5-6-13)23-16(19)4-3-11-22-15-9-7-14(21-2)8-10-15/h7-10,12-13H,3-6,11H2,1-2H3,(H,18,20)/t12-/m0/s1. The summed E-state index contributed by atoms with van der Waals surface area (Å²) in [6, 6.07) is 7.50. The van der Waals surface area contributed by atoms with E-state index in [1.54, 1.807) is 26.2 Å². The lowest BCUT2D eigenvalue weighted by molar-refractivity contribution is -0.155. The molecular formula is C17H23NO5. The number of hydrogen-bond acceptors (Lipinski definition) is 5. The van der Waals surface area contributed by atoms with Crippen LogP contribution in [-0.2, 0) is 14.3 Å². The summed E-state index contributed by atoms with van der Waals surface area (Å²) >= 11 is 0. The summed E-state index contributed by atoms with van der Waals surface area (Å²) in [5.74, 6) is 0.868. The van der Waals surface area contributed by atoms with E-state index in [1.165, 1.54) is 0 Å². The Morgan fingerprint density at radius 1 is 1.22 bits per heavy atom. The Morgan fingerprint density at radius 2 is 1.87 bits per heavy atom. The van der Waals surface area contributed by atoms with Crippen molar-refractivity contribution < 1.29 is 23.8 Å². The van der Waals surface area contributed by atoms with Gasteiger partial charge in [0.05, 0.1) is 13.7 Å². The summed E-state index contributed by atoms with van der Waals surface area (Å²) in [7, 11) is 1.60. The Balaban J connectivity index is 1.59. The molecule has 0 aromatic heterocycles. The van der Waals surface area contributed by atoms with Gasteiger partial charge in [0.15, 0.2) is 6.10 Å². The minimum Gasteiger partial charge on any atom is -0.497 e. The van der Waals surface area contributed by atoms with Crippen molar-refractivity contribution in [3.05, 3.63) is 24.3 Å². The second-order valence-electron chi connectivity index (χ2n) is 5.54. The van der Waals surface area contributed by atoms with Gasteiger partial charge in [-0.3, -0.25) is 9.59 Å². The molecule has 1 fully saturated rings. The zero-order valence-corrected chi connectivity index (χ0v) is 13.5. The molecule has 1 aliphatic carbocycles. The summed E-state index contributed by atoms with van der Waals surface area (Å²) in [5, 5.41) is 2.81. The molecule has 0 heterocycles. The van der Waals surface area contributed by atoms with Crippen molar-refractivity contribution in [3.8, 4) is 11.5 Å². The first kappa shape index (κ1) is 17.1. The Labute approximate surface area is 136 Å². The van der Waals surface area contributed by atoms with Crippen LogP contribution in [-0.4, -0.2) is 37.7 Å².